The van der Waals surface area contributed by atoms with Crippen LogP contribution in [0.15, 0.2) is 0 Å². The Morgan fingerprint density at radius 2 is 1.68 bits per heavy atom. The molecular formula is C12H25BN4O2. The van der Waals surface area contributed by atoms with Crippen LogP contribution in [-0.4, -0.2) is 19.7 Å². The summed E-state index contributed by atoms with van der Waals surface area (Å²) in [7, 11) is 1.92. The van der Waals surface area contributed by atoms with E-state index in [0.717, 1.165) is 38.5 Å². The van der Waals surface area contributed by atoms with Gasteiger partial charge in [-0.2, -0.15) is 0 Å². The van der Waals surface area contributed by atoms with Gasteiger partial charge in [-0.25, -0.2) is 11.7 Å². The third-order valence-corrected chi connectivity index (χ3v) is 4.27. The molecule has 0 aromatic rings. The molecule has 0 aliphatic heterocycles. The Kier molecular flexibility index (Phi) is 6.31. The summed E-state index contributed by atoms with van der Waals surface area (Å²) in [6, 6.07) is 0. The Balaban J connectivity index is 2.74. The van der Waals surface area contributed by atoms with Crippen molar-refractivity contribution in [2.24, 2.45) is 17.6 Å². The molecule has 0 saturated heterocycles. The number of carbonyl (C=O) groups excluding carboxylic acids is 2. The van der Waals surface area contributed by atoms with Crippen LogP contribution in [0.4, 0.5) is 0 Å². The van der Waals surface area contributed by atoms with E-state index in [1.807, 2.05) is 7.85 Å². The van der Waals surface area contributed by atoms with Crippen LogP contribution in [0.25, 0.3) is 0 Å². The van der Waals surface area contributed by atoms with Gasteiger partial charge in [0.2, 0.25) is 11.8 Å². The van der Waals surface area contributed by atoms with Gasteiger partial charge >= 0.3 is 0 Å². The Morgan fingerprint density at radius 3 is 2.32 bits per heavy atom. The van der Waals surface area contributed by atoms with Crippen LogP contribution in [0.3, 0.4) is 0 Å². The topological polar surface area (TPSA) is 110 Å². The maximum atomic E-state index is 11.9. The molecule has 0 heterocycles. The Bertz CT molecular complexity index is 327. The molecule has 1 fully saturated rings. The van der Waals surface area contributed by atoms with Crippen LogP contribution in [0.5, 0.6) is 0 Å². The lowest BCUT2D eigenvalue weighted by Crippen LogP contribution is -2.42. The number of hydrazine groups is 2. The summed E-state index contributed by atoms with van der Waals surface area (Å²) in [6.45, 7) is 0. The first-order valence-corrected chi connectivity index (χ1v) is 7.05. The normalized spacial score (nSPS) is 29.3. The van der Waals surface area contributed by atoms with Crippen LogP contribution in [0.2, 0.25) is 5.31 Å². The highest BCUT2D eigenvalue weighted by molar-refractivity contribution is 6.28. The maximum absolute atomic E-state index is 11.9. The van der Waals surface area contributed by atoms with Gasteiger partial charge in [-0.05, 0) is 25.7 Å². The van der Waals surface area contributed by atoms with E-state index in [0.29, 0.717) is 12.8 Å². The van der Waals surface area contributed by atoms with Crippen molar-refractivity contribution < 1.29 is 9.59 Å². The molecule has 0 bridgehead atoms. The SMILES string of the molecule is BC1(C(=O)NN)CCCCCCC(C(=O)NN)CC1. The van der Waals surface area contributed by atoms with Crippen LogP contribution in [0, 0.1) is 5.92 Å². The smallest absolute Gasteiger partial charge is 0.236 e. The minimum absolute atomic E-state index is 0.104. The minimum atomic E-state index is -0.487. The van der Waals surface area contributed by atoms with Crippen molar-refractivity contribution in [1.82, 2.24) is 10.9 Å². The summed E-state index contributed by atoms with van der Waals surface area (Å²) in [4.78, 5) is 23.7. The first-order chi connectivity index (χ1) is 9.03. The molecule has 2 unspecified atom stereocenters. The van der Waals surface area contributed by atoms with E-state index in [9.17, 15) is 9.59 Å². The van der Waals surface area contributed by atoms with E-state index in [2.05, 4.69) is 10.9 Å². The van der Waals surface area contributed by atoms with Crippen LogP contribution in [0.1, 0.15) is 51.4 Å². The van der Waals surface area contributed by atoms with Crippen molar-refractivity contribution in [3.05, 3.63) is 0 Å². The Hall–Kier alpha value is -1.08. The van der Waals surface area contributed by atoms with Crippen molar-refractivity contribution in [3.63, 3.8) is 0 Å². The predicted octanol–water partition coefficient (Wildman–Crippen LogP) is -0.491. The van der Waals surface area contributed by atoms with Crippen molar-refractivity contribution >= 4 is 19.7 Å². The molecule has 108 valence electrons. The lowest BCUT2D eigenvalue weighted by atomic mass is 9.61. The van der Waals surface area contributed by atoms with E-state index in [4.69, 9.17) is 11.7 Å². The summed E-state index contributed by atoms with van der Waals surface area (Å²) >= 11 is 0. The first kappa shape index (κ1) is 16.0. The molecule has 0 radical (unpaired) electrons. The summed E-state index contributed by atoms with van der Waals surface area (Å²) < 4.78 is 0. The third-order valence-electron chi connectivity index (χ3n) is 4.27. The third kappa shape index (κ3) is 4.51. The molecule has 1 rings (SSSR count). The second-order valence-electron chi connectivity index (χ2n) is 5.73. The highest BCUT2D eigenvalue weighted by Gasteiger charge is 2.34. The zero-order chi connectivity index (χ0) is 14.3. The number of hydrogen-bond acceptors (Lipinski definition) is 4. The molecular weight excluding hydrogens is 243 g/mol. The van der Waals surface area contributed by atoms with Crippen LogP contribution in [-0.2, 0) is 9.59 Å². The van der Waals surface area contributed by atoms with Crippen molar-refractivity contribution in [2.75, 3.05) is 0 Å². The standard InChI is InChI=1S/C12H25BN4O2/c13-12(11(19)17-15)7-4-2-1-3-5-9(6-8-12)10(18)16-14/h9H,1-8,13-15H2,(H,16,18)(H,17,19). The molecule has 2 amide bonds. The van der Waals surface area contributed by atoms with E-state index < -0.39 is 5.31 Å². The molecule has 7 heteroatoms. The molecule has 0 spiro atoms. The Labute approximate surface area is 115 Å². The molecule has 2 atom stereocenters. The summed E-state index contributed by atoms with van der Waals surface area (Å²) in [5, 5.41) is -0.487. The average Bonchev–Trinajstić information content (AvgIpc) is 2.44. The second-order valence-corrected chi connectivity index (χ2v) is 5.73. The predicted molar refractivity (Wildman–Crippen MR) is 76.3 cm³/mol. The highest BCUT2D eigenvalue weighted by atomic mass is 16.2. The van der Waals surface area contributed by atoms with Crippen LogP contribution >= 0.6 is 0 Å². The van der Waals surface area contributed by atoms with Gasteiger partial charge in [-0.3, -0.25) is 20.4 Å². The number of hydrogen-bond donors (Lipinski definition) is 4. The monoisotopic (exact) mass is 268 g/mol. The van der Waals surface area contributed by atoms with Gasteiger partial charge < -0.3 is 0 Å². The maximum Gasteiger partial charge on any atom is 0.236 e. The summed E-state index contributed by atoms with van der Waals surface area (Å²) in [5.74, 6) is 10.1. The van der Waals surface area contributed by atoms with Gasteiger partial charge in [-0.15, -0.1) is 0 Å². The molecule has 1 saturated carbocycles. The second kappa shape index (κ2) is 7.50. The molecule has 1 aliphatic carbocycles. The van der Waals surface area contributed by atoms with Crippen molar-refractivity contribution in [1.29, 1.82) is 0 Å². The van der Waals surface area contributed by atoms with Gasteiger partial charge in [0.15, 0.2) is 0 Å². The fraction of sp³-hybridized carbons (Fsp3) is 0.833. The fourth-order valence-corrected chi connectivity index (χ4v) is 2.80. The average molecular weight is 268 g/mol. The van der Waals surface area contributed by atoms with E-state index in [-0.39, 0.29) is 17.7 Å². The van der Waals surface area contributed by atoms with Gasteiger partial charge in [0.05, 0.1) is 0 Å². The van der Waals surface area contributed by atoms with E-state index in [1.165, 1.54) is 0 Å². The van der Waals surface area contributed by atoms with E-state index >= 15 is 0 Å². The number of carbonyl (C=O) groups is 2. The number of nitrogens with one attached hydrogen (secondary N) is 2. The molecule has 0 aromatic carbocycles. The Morgan fingerprint density at radius 1 is 1.00 bits per heavy atom. The van der Waals surface area contributed by atoms with Gasteiger partial charge in [0.1, 0.15) is 7.85 Å². The molecule has 6 nitrogen and oxygen atoms in total. The zero-order valence-corrected chi connectivity index (χ0v) is 11.7. The largest absolute Gasteiger partial charge is 0.294 e. The van der Waals surface area contributed by atoms with Crippen molar-refractivity contribution in [3.8, 4) is 0 Å². The lowest BCUT2D eigenvalue weighted by Gasteiger charge is -2.30. The van der Waals surface area contributed by atoms with Gasteiger partial charge in [0, 0.05) is 11.2 Å². The van der Waals surface area contributed by atoms with Gasteiger partial charge in [0.25, 0.3) is 0 Å². The minimum Gasteiger partial charge on any atom is -0.294 e. The number of amides is 2. The quantitative estimate of drug-likeness (QED) is 0.234. The number of nitrogens with two attached hydrogens (primary N) is 2. The van der Waals surface area contributed by atoms with Crippen molar-refractivity contribution in [2.45, 2.75) is 56.7 Å². The summed E-state index contributed by atoms with van der Waals surface area (Å²) in [6.07, 6.45) is 7.23. The van der Waals surface area contributed by atoms with Gasteiger partial charge in [-0.1, -0.05) is 25.7 Å². The fourth-order valence-electron chi connectivity index (χ4n) is 2.80. The highest BCUT2D eigenvalue weighted by Crippen LogP contribution is 2.38. The molecule has 1 aliphatic rings. The zero-order valence-electron chi connectivity index (χ0n) is 11.7. The number of rotatable bonds is 2. The first-order valence-electron chi connectivity index (χ1n) is 7.05. The molecule has 19 heavy (non-hydrogen) atoms. The summed E-state index contributed by atoms with van der Waals surface area (Å²) in [5.41, 5.74) is 4.48. The van der Waals surface area contributed by atoms with E-state index in [1.54, 1.807) is 0 Å². The molecule has 0 aromatic heterocycles. The molecule has 6 N–H and O–H groups in total. The lowest BCUT2D eigenvalue weighted by molar-refractivity contribution is -0.127. The van der Waals surface area contributed by atoms with Crippen LogP contribution < -0.4 is 22.5 Å².